The Kier molecular flexibility index (Phi) is 4.05. The van der Waals surface area contributed by atoms with Crippen molar-refractivity contribution in [2.75, 3.05) is 7.11 Å². The highest BCUT2D eigenvalue weighted by molar-refractivity contribution is 7.98. The van der Waals surface area contributed by atoms with Gasteiger partial charge in [-0.1, -0.05) is 36.0 Å². The maximum Gasteiger partial charge on any atom is 0.196 e. The lowest BCUT2D eigenvalue weighted by Gasteiger charge is -2.08. The highest BCUT2D eigenvalue weighted by Gasteiger charge is 2.12. The quantitative estimate of drug-likeness (QED) is 0.502. The Bertz CT molecular complexity index is 1080. The number of pyridine rings is 1. The molecule has 0 bridgehead atoms. The van der Waals surface area contributed by atoms with Crippen LogP contribution in [-0.4, -0.2) is 21.7 Å². The topological polar surface area (TPSA) is 39.4 Å². The molecule has 0 radical (unpaired) electrons. The molecule has 0 atom stereocenters. The summed E-state index contributed by atoms with van der Waals surface area (Å²) in [7, 11) is 1.46. The molecule has 4 rings (SSSR count). The van der Waals surface area contributed by atoms with Crippen molar-refractivity contribution < 1.29 is 9.13 Å². The summed E-state index contributed by atoms with van der Waals surface area (Å²) in [6, 6.07) is 15.2. The number of para-hydroxylation sites is 1. The standard InChI is InChI=1S/C19H16FN3OS/c1-12-9-18-21-22-19(23(18)16-6-4-3-5-14(12)16)25-11-13-7-8-17(24-2)15(20)10-13/h3-10H,11H2,1-2H3. The third-order valence-electron chi connectivity index (χ3n) is 4.16. The van der Waals surface area contributed by atoms with Crippen LogP contribution in [0.3, 0.4) is 0 Å². The summed E-state index contributed by atoms with van der Waals surface area (Å²) in [5.74, 6) is 0.500. The monoisotopic (exact) mass is 353 g/mol. The van der Waals surface area contributed by atoms with Crippen LogP contribution in [0.15, 0.2) is 53.7 Å². The maximum atomic E-state index is 13.9. The highest BCUT2D eigenvalue weighted by Crippen LogP contribution is 2.28. The maximum absolute atomic E-state index is 13.9. The number of benzene rings is 2. The lowest BCUT2D eigenvalue weighted by atomic mass is 10.1. The van der Waals surface area contributed by atoms with E-state index in [1.54, 1.807) is 6.07 Å². The minimum absolute atomic E-state index is 0.253. The van der Waals surface area contributed by atoms with Crippen molar-refractivity contribution in [3.8, 4) is 5.75 Å². The van der Waals surface area contributed by atoms with Gasteiger partial charge < -0.3 is 4.74 Å². The number of hydrogen-bond donors (Lipinski definition) is 0. The second-order valence-corrected chi connectivity index (χ2v) is 6.72. The van der Waals surface area contributed by atoms with E-state index in [0.717, 1.165) is 21.9 Å². The van der Waals surface area contributed by atoms with Crippen molar-refractivity contribution in [3.05, 3.63) is 65.5 Å². The largest absolute Gasteiger partial charge is 0.494 e. The van der Waals surface area contributed by atoms with Gasteiger partial charge in [-0.15, -0.1) is 10.2 Å². The first-order chi connectivity index (χ1) is 12.2. The van der Waals surface area contributed by atoms with Crippen LogP contribution in [0.5, 0.6) is 5.75 Å². The molecule has 25 heavy (non-hydrogen) atoms. The summed E-state index contributed by atoms with van der Waals surface area (Å²) in [4.78, 5) is 0. The molecule has 0 aliphatic rings. The molecule has 4 aromatic rings. The first kappa shape index (κ1) is 15.9. The Hall–Kier alpha value is -2.60. The Morgan fingerprint density at radius 3 is 2.76 bits per heavy atom. The molecule has 0 unspecified atom stereocenters. The first-order valence-electron chi connectivity index (χ1n) is 7.86. The van der Waals surface area contributed by atoms with Crippen LogP contribution in [0.25, 0.3) is 16.6 Å². The van der Waals surface area contributed by atoms with E-state index in [0.29, 0.717) is 5.75 Å². The number of aryl methyl sites for hydroxylation is 1. The fraction of sp³-hybridized carbons (Fsp3) is 0.158. The van der Waals surface area contributed by atoms with Gasteiger partial charge >= 0.3 is 0 Å². The fourth-order valence-electron chi connectivity index (χ4n) is 2.92. The van der Waals surface area contributed by atoms with Crippen molar-refractivity contribution in [1.82, 2.24) is 14.6 Å². The van der Waals surface area contributed by atoms with Gasteiger partial charge in [0.15, 0.2) is 22.4 Å². The molecular formula is C19H16FN3OS. The number of rotatable bonds is 4. The zero-order valence-corrected chi connectivity index (χ0v) is 14.7. The molecular weight excluding hydrogens is 337 g/mol. The number of halogens is 1. The van der Waals surface area contributed by atoms with Crippen molar-refractivity contribution in [3.63, 3.8) is 0 Å². The molecule has 2 heterocycles. The summed E-state index contributed by atoms with van der Waals surface area (Å²) in [6.45, 7) is 2.07. The van der Waals surface area contributed by atoms with E-state index in [4.69, 9.17) is 4.74 Å². The zero-order chi connectivity index (χ0) is 17.4. The number of fused-ring (bicyclic) bond motifs is 3. The minimum Gasteiger partial charge on any atom is -0.494 e. The second-order valence-electron chi connectivity index (χ2n) is 5.78. The Labute approximate surface area is 148 Å². The third kappa shape index (κ3) is 2.82. The van der Waals surface area contributed by atoms with Gasteiger partial charge in [-0.3, -0.25) is 4.40 Å². The van der Waals surface area contributed by atoms with Crippen molar-refractivity contribution in [1.29, 1.82) is 0 Å². The van der Waals surface area contributed by atoms with Crippen molar-refractivity contribution in [2.45, 2.75) is 17.8 Å². The van der Waals surface area contributed by atoms with Gasteiger partial charge in [0.1, 0.15) is 0 Å². The van der Waals surface area contributed by atoms with Crippen LogP contribution in [0, 0.1) is 12.7 Å². The van der Waals surface area contributed by atoms with Crippen LogP contribution in [0.1, 0.15) is 11.1 Å². The molecule has 2 aromatic heterocycles. The van der Waals surface area contributed by atoms with Crippen LogP contribution in [-0.2, 0) is 5.75 Å². The Morgan fingerprint density at radius 1 is 1.12 bits per heavy atom. The van der Waals surface area contributed by atoms with Crippen LogP contribution in [0.4, 0.5) is 4.39 Å². The lowest BCUT2D eigenvalue weighted by Crippen LogP contribution is -1.94. The number of ether oxygens (including phenoxy) is 1. The molecule has 2 aromatic carbocycles. The summed E-state index contributed by atoms with van der Waals surface area (Å²) in [5, 5.41) is 10.6. The van der Waals surface area contributed by atoms with Crippen LogP contribution in [0.2, 0.25) is 0 Å². The number of aromatic nitrogens is 3. The van der Waals surface area contributed by atoms with E-state index in [2.05, 4.69) is 29.3 Å². The van der Waals surface area contributed by atoms with Gasteiger partial charge in [-0.05, 0) is 42.3 Å². The predicted molar refractivity (Wildman–Crippen MR) is 97.7 cm³/mol. The third-order valence-corrected chi connectivity index (χ3v) is 5.16. The summed E-state index contributed by atoms with van der Waals surface area (Å²) < 4.78 is 20.9. The SMILES string of the molecule is COc1ccc(CSc2nnc3cc(C)c4ccccc4n23)cc1F. The molecule has 6 heteroatoms. The molecule has 126 valence electrons. The zero-order valence-electron chi connectivity index (χ0n) is 13.9. The van der Waals surface area contributed by atoms with Gasteiger partial charge in [-0.2, -0.15) is 0 Å². The molecule has 0 saturated heterocycles. The van der Waals surface area contributed by atoms with E-state index < -0.39 is 0 Å². The van der Waals surface area contributed by atoms with Gasteiger partial charge in [0.05, 0.1) is 12.6 Å². The summed E-state index contributed by atoms with van der Waals surface area (Å²) >= 11 is 1.53. The van der Waals surface area contributed by atoms with Crippen molar-refractivity contribution in [2.24, 2.45) is 0 Å². The number of nitrogens with zero attached hydrogens (tertiary/aromatic N) is 3. The van der Waals surface area contributed by atoms with E-state index in [-0.39, 0.29) is 11.6 Å². The Morgan fingerprint density at radius 2 is 1.96 bits per heavy atom. The molecule has 0 aliphatic carbocycles. The fourth-order valence-corrected chi connectivity index (χ4v) is 3.81. The highest BCUT2D eigenvalue weighted by atomic mass is 32.2. The molecule has 0 spiro atoms. The van der Waals surface area contributed by atoms with Crippen molar-refractivity contribution >= 4 is 28.3 Å². The van der Waals surface area contributed by atoms with Gasteiger partial charge in [0.25, 0.3) is 0 Å². The number of hydrogen-bond acceptors (Lipinski definition) is 4. The number of thioether (sulfide) groups is 1. The van der Waals surface area contributed by atoms with E-state index >= 15 is 0 Å². The summed E-state index contributed by atoms with van der Waals surface area (Å²) in [6.07, 6.45) is 0. The number of methoxy groups -OCH3 is 1. The molecule has 0 fully saturated rings. The molecule has 0 N–H and O–H groups in total. The van der Waals surface area contributed by atoms with Gasteiger partial charge in [-0.25, -0.2) is 4.39 Å². The second kappa shape index (κ2) is 6.37. The van der Waals surface area contributed by atoms with E-state index in [9.17, 15) is 4.39 Å². The average molecular weight is 353 g/mol. The van der Waals surface area contributed by atoms with Gasteiger partial charge in [0.2, 0.25) is 0 Å². The van der Waals surface area contributed by atoms with Gasteiger partial charge in [0, 0.05) is 11.1 Å². The van der Waals surface area contributed by atoms with Crippen LogP contribution < -0.4 is 4.74 Å². The first-order valence-corrected chi connectivity index (χ1v) is 8.84. The average Bonchev–Trinajstić information content (AvgIpc) is 3.03. The van der Waals surface area contributed by atoms with Crippen LogP contribution >= 0.6 is 11.8 Å². The van der Waals surface area contributed by atoms with E-state index in [1.807, 2.05) is 28.7 Å². The molecule has 4 nitrogen and oxygen atoms in total. The summed E-state index contributed by atoms with van der Waals surface area (Å²) in [5.41, 5.74) is 3.94. The smallest absolute Gasteiger partial charge is 0.196 e. The van der Waals surface area contributed by atoms with E-state index in [1.165, 1.54) is 35.9 Å². The predicted octanol–water partition coefficient (Wildman–Crippen LogP) is 4.63. The minimum atomic E-state index is -0.354. The Balaban J connectivity index is 1.70. The molecule has 0 amide bonds. The molecule has 0 aliphatic heterocycles. The lowest BCUT2D eigenvalue weighted by molar-refractivity contribution is 0.386. The normalized spacial score (nSPS) is 11.3. The molecule has 0 saturated carbocycles.